The topological polar surface area (TPSA) is 90.9 Å². The molecule has 0 amide bonds. The molecule has 0 aliphatic carbocycles. The fourth-order valence-corrected chi connectivity index (χ4v) is 4.88. The van der Waals surface area contributed by atoms with Gasteiger partial charge < -0.3 is 23.6 Å². The Morgan fingerprint density at radius 2 is 1.64 bits per heavy atom. The van der Waals surface area contributed by atoms with Crippen molar-refractivity contribution in [1.29, 1.82) is 0 Å². The van der Waals surface area contributed by atoms with Gasteiger partial charge in [-0.1, -0.05) is 42.1 Å². The molecule has 0 bridgehead atoms. The van der Waals surface area contributed by atoms with Crippen LogP contribution in [0.25, 0.3) is 21.9 Å². The number of nitrogens with zero attached hydrogens (tertiary/aromatic N) is 1. The highest BCUT2D eigenvalue weighted by Gasteiger charge is 2.24. The van der Waals surface area contributed by atoms with E-state index in [4.69, 9.17) is 13.9 Å². The van der Waals surface area contributed by atoms with Gasteiger partial charge in [-0.2, -0.15) is 0 Å². The minimum absolute atomic E-state index is 0.0637. The zero-order valence-corrected chi connectivity index (χ0v) is 20.1. The van der Waals surface area contributed by atoms with E-state index in [-0.39, 0.29) is 22.4 Å². The Bertz CT molecular complexity index is 1710. The third-order valence-corrected chi connectivity index (χ3v) is 6.84. The fraction of sp³-hybridized carbons (Fsp3) is 0.111. The van der Waals surface area contributed by atoms with Crippen LogP contribution in [0.2, 0.25) is 0 Å². The largest absolute Gasteiger partial charge is 0.505 e. The summed E-state index contributed by atoms with van der Waals surface area (Å²) in [5.41, 5.74) is -0.143. The Kier molecular flexibility index (Phi) is 6.15. The number of fused-ring (bicyclic) bond motifs is 3. The normalized spacial score (nSPS) is 11.2. The van der Waals surface area contributed by atoms with Crippen molar-refractivity contribution in [2.75, 3.05) is 14.2 Å². The predicted molar refractivity (Wildman–Crippen MR) is 135 cm³/mol. The first-order valence-electron chi connectivity index (χ1n) is 10.9. The van der Waals surface area contributed by atoms with Gasteiger partial charge in [0.1, 0.15) is 16.1 Å². The SMILES string of the molecule is COc1cc2c3oc(=O)c(Sc4ccc(F)cc4)c(O)c3c(=O)n(Cc3ccccc3)c2cc1OC. The van der Waals surface area contributed by atoms with Gasteiger partial charge in [-0.15, -0.1) is 0 Å². The van der Waals surface area contributed by atoms with Crippen molar-refractivity contribution in [1.82, 2.24) is 4.57 Å². The molecule has 0 unspecified atom stereocenters. The quantitative estimate of drug-likeness (QED) is 0.319. The minimum atomic E-state index is -0.828. The first-order chi connectivity index (χ1) is 17.4. The summed E-state index contributed by atoms with van der Waals surface area (Å²) in [6.45, 7) is 0.195. The highest BCUT2D eigenvalue weighted by molar-refractivity contribution is 7.99. The number of rotatable bonds is 6. The third kappa shape index (κ3) is 4.07. The Labute approximate surface area is 208 Å². The summed E-state index contributed by atoms with van der Waals surface area (Å²) in [5.74, 6) is -0.184. The first-order valence-corrected chi connectivity index (χ1v) is 11.7. The van der Waals surface area contributed by atoms with E-state index in [0.717, 1.165) is 17.3 Å². The second-order valence-corrected chi connectivity index (χ2v) is 9.01. The maximum atomic E-state index is 13.8. The summed E-state index contributed by atoms with van der Waals surface area (Å²) in [4.78, 5) is 27.1. The third-order valence-electron chi connectivity index (χ3n) is 5.77. The van der Waals surface area contributed by atoms with E-state index in [9.17, 15) is 19.1 Å². The zero-order chi connectivity index (χ0) is 25.4. The van der Waals surface area contributed by atoms with Crippen molar-refractivity contribution in [2.24, 2.45) is 0 Å². The molecule has 2 heterocycles. The molecule has 0 aliphatic heterocycles. The van der Waals surface area contributed by atoms with Crippen molar-refractivity contribution in [3.63, 3.8) is 0 Å². The second kappa shape index (κ2) is 9.43. The Balaban J connectivity index is 1.84. The molecule has 0 saturated carbocycles. The monoisotopic (exact) mass is 505 g/mol. The Morgan fingerprint density at radius 1 is 0.972 bits per heavy atom. The predicted octanol–water partition coefficient (Wildman–Crippen LogP) is 5.17. The molecule has 3 aromatic carbocycles. The number of methoxy groups -OCH3 is 2. The van der Waals surface area contributed by atoms with Crippen LogP contribution in [0.4, 0.5) is 4.39 Å². The fourth-order valence-electron chi connectivity index (χ4n) is 4.05. The van der Waals surface area contributed by atoms with Crippen LogP contribution >= 0.6 is 11.8 Å². The number of aromatic nitrogens is 1. The molecule has 0 fully saturated rings. The first kappa shape index (κ1) is 23.5. The van der Waals surface area contributed by atoms with Crippen LogP contribution in [0.1, 0.15) is 5.56 Å². The van der Waals surface area contributed by atoms with Gasteiger partial charge in [-0.05, 0) is 35.9 Å². The van der Waals surface area contributed by atoms with Crippen molar-refractivity contribution in [3.05, 3.63) is 98.9 Å². The Hall–Kier alpha value is -4.24. The van der Waals surface area contributed by atoms with Crippen molar-refractivity contribution < 1.29 is 23.4 Å². The molecule has 36 heavy (non-hydrogen) atoms. The van der Waals surface area contributed by atoms with Crippen LogP contribution in [0.15, 0.2) is 90.5 Å². The molecule has 5 rings (SSSR count). The zero-order valence-electron chi connectivity index (χ0n) is 19.3. The summed E-state index contributed by atoms with van der Waals surface area (Å²) < 4.78 is 31.3. The molecule has 182 valence electrons. The maximum absolute atomic E-state index is 13.8. The Morgan fingerprint density at radius 3 is 2.31 bits per heavy atom. The number of hydrogen-bond acceptors (Lipinski definition) is 7. The van der Waals surface area contributed by atoms with E-state index in [1.807, 2.05) is 30.3 Å². The van der Waals surface area contributed by atoms with Crippen LogP contribution in [0.5, 0.6) is 17.2 Å². The number of halogens is 1. The highest BCUT2D eigenvalue weighted by atomic mass is 32.2. The standard InChI is InChI=1S/C27H20FNO6S/c1-33-20-12-18-19(13-21(20)34-2)29(14-15-6-4-3-5-7-15)26(31)22-23(30)25(27(32)35-24(18)22)36-17-10-8-16(28)9-11-17/h3-13,30H,14H2,1-2H3. The molecule has 5 aromatic rings. The molecule has 0 radical (unpaired) electrons. The molecular formula is C27H20FNO6S. The van der Waals surface area contributed by atoms with Gasteiger partial charge in [0.2, 0.25) is 0 Å². The summed E-state index contributed by atoms with van der Waals surface area (Å²) in [7, 11) is 2.95. The van der Waals surface area contributed by atoms with E-state index in [1.54, 1.807) is 12.1 Å². The van der Waals surface area contributed by atoms with Gasteiger partial charge in [0, 0.05) is 16.3 Å². The van der Waals surface area contributed by atoms with Crippen LogP contribution in [-0.4, -0.2) is 23.9 Å². The second-order valence-electron chi connectivity index (χ2n) is 7.93. The molecule has 1 N–H and O–H groups in total. The average molecular weight is 506 g/mol. The van der Waals surface area contributed by atoms with Gasteiger partial charge >= 0.3 is 5.63 Å². The summed E-state index contributed by atoms with van der Waals surface area (Å²) in [5, 5.41) is 11.4. The lowest BCUT2D eigenvalue weighted by Crippen LogP contribution is -2.23. The number of pyridine rings is 1. The molecule has 0 atom stereocenters. The van der Waals surface area contributed by atoms with E-state index in [0.29, 0.717) is 27.3 Å². The van der Waals surface area contributed by atoms with E-state index in [2.05, 4.69) is 0 Å². The molecule has 0 spiro atoms. The van der Waals surface area contributed by atoms with E-state index in [1.165, 1.54) is 43.1 Å². The molecular weight excluding hydrogens is 485 g/mol. The summed E-state index contributed by atoms with van der Waals surface area (Å²) >= 11 is 0.886. The van der Waals surface area contributed by atoms with Gasteiger partial charge in [-0.3, -0.25) is 4.79 Å². The highest BCUT2D eigenvalue weighted by Crippen LogP contribution is 2.40. The molecule has 2 aromatic heterocycles. The lowest BCUT2D eigenvalue weighted by molar-refractivity contribution is 0.355. The van der Waals surface area contributed by atoms with E-state index < -0.39 is 22.8 Å². The van der Waals surface area contributed by atoms with Gasteiger partial charge in [-0.25, -0.2) is 9.18 Å². The smallest absolute Gasteiger partial charge is 0.354 e. The molecule has 7 nitrogen and oxygen atoms in total. The van der Waals surface area contributed by atoms with E-state index >= 15 is 0 Å². The number of aromatic hydroxyl groups is 1. The summed E-state index contributed by atoms with van der Waals surface area (Å²) in [6.07, 6.45) is 0. The van der Waals surface area contributed by atoms with Crippen molar-refractivity contribution in [2.45, 2.75) is 16.3 Å². The van der Waals surface area contributed by atoms with Crippen LogP contribution in [0.3, 0.4) is 0 Å². The summed E-state index contributed by atoms with van der Waals surface area (Å²) in [6, 6.07) is 18.0. The van der Waals surface area contributed by atoms with Crippen molar-refractivity contribution >= 4 is 33.6 Å². The molecule has 9 heteroatoms. The number of hydrogen-bond donors (Lipinski definition) is 1. The van der Waals surface area contributed by atoms with Gasteiger partial charge in [0.05, 0.1) is 26.3 Å². The number of ether oxygens (including phenoxy) is 2. The van der Waals surface area contributed by atoms with Crippen molar-refractivity contribution in [3.8, 4) is 17.2 Å². The average Bonchev–Trinajstić information content (AvgIpc) is 2.89. The van der Waals surface area contributed by atoms with Gasteiger partial charge in [0.15, 0.2) is 22.8 Å². The lowest BCUT2D eigenvalue weighted by Gasteiger charge is -2.16. The van der Waals surface area contributed by atoms with Gasteiger partial charge in [0.25, 0.3) is 5.56 Å². The van der Waals surface area contributed by atoms with Crippen LogP contribution in [0, 0.1) is 5.82 Å². The minimum Gasteiger partial charge on any atom is -0.505 e. The molecule has 0 aliphatic rings. The van der Waals surface area contributed by atoms with Crippen LogP contribution in [-0.2, 0) is 6.54 Å². The maximum Gasteiger partial charge on any atom is 0.354 e. The molecule has 0 saturated heterocycles. The van der Waals surface area contributed by atoms with Crippen LogP contribution < -0.4 is 20.7 Å². The lowest BCUT2D eigenvalue weighted by atomic mass is 10.1. The number of benzene rings is 3.